The maximum absolute atomic E-state index is 3.48. The second-order valence-corrected chi connectivity index (χ2v) is 5.22. The first-order valence-corrected chi connectivity index (χ1v) is 6.24. The van der Waals surface area contributed by atoms with E-state index in [0.29, 0.717) is 0 Å². The van der Waals surface area contributed by atoms with Gasteiger partial charge in [-0.2, -0.15) is 0 Å². The molecule has 0 amide bonds. The van der Waals surface area contributed by atoms with Gasteiger partial charge in [-0.1, -0.05) is 6.42 Å². The Labute approximate surface area is 88.1 Å². The molecule has 0 aromatic carbocycles. The van der Waals surface area contributed by atoms with Crippen LogP contribution in [0.2, 0.25) is 0 Å². The molecule has 2 aliphatic rings. The number of hydrogen-bond donors (Lipinski definition) is 1. The summed E-state index contributed by atoms with van der Waals surface area (Å²) in [5.41, 5.74) is 0. The van der Waals surface area contributed by atoms with E-state index >= 15 is 0 Å². The number of likely N-dealkylation sites (tertiary alicyclic amines) is 1. The Morgan fingerprint density at radius 3 is 2.93 bits per heavy atom. The molecular formula is C12H24N2. The lowest BCUT2D eigenvalue weighted by atomic mass is 9.90. The maximum Gasteiger partial charge on any atom is 0.000672 e. The number of nitrogens with one attached hydrogen (secondary N) is 1. The molecule has 2 nitrogen and oxygen atoms in total. The molecule has 0 aromatic rings. The van der Waals surface area contributed by atoms with E-state index in [-0.39, 0.29) is 0 Å². The molecule has 2 fully saturated rings. The van der Waals surface area contributed by atoms with Gasteiger partial charge in [0.1, 0.15) is 0 Å². The highest BCUT2D eigenvalue weighted by molar-refractivity contribution is 4.77. The topological polar surface area (TPSA) is 15.3 Å². The van der Waals surface area contributed by atoms with Crippen LogP contribution in [0.4, 0.5) is 0 Å². The minimum Gasteiger partial charge on any atom is -0.316 e. The van der Waals surface area contributed by atoms with Gasteiger partial charge in [0.15, 0.2) is 0 Å². The zero-order chi connectivity index (χ0) is 9.80. The molecule has 2 atom stereocenters. The molecule has 0 aromatic heterocycles. The quantitative estimate of drug-likeness (QED) is 0.723. The van der Waals surface area contributed by atoms with Crippen LogP contribution >= 0.6 is 0 Å². The summed E-state index contributed by atoms with van der Waals surface area (Å²) in [6.45, 7) is 5.20. The van der Waals surface area contributed by atoms with Crippen molar-refractivity contribution in [3.05, 3.63) is 0 Å². The summed E-state index contributed by atoms with van der Waals surface area (Å²) in [5.74, 6) is 1.96. The minimum atomic E-state index is 0.978. The number of rotatable bonds is 2. The fourth-order valence-electron chi connectivity index (χ4n) is 3.02. The average Bonchev–Trinajstić information content (AvgIpc) is 2.56. The molecular weight excluding hydrogens is 172 g/mol. The van der Waals surface area contributed by atoms with Gasteiger partial charge in [0, 0.05) is 6.54 Å². The summed E-state index contributed by atoms with van der Waals surface area (Å²) in [4.78, 5) is 2.53. The third-order valence-electron chi connectivity index (χ3n) is 3.80. The van der Waals surface area contributed by atoms with E-state index in [4.69, 9.17) is 0 Å². The molecule has 2 aliphatic heterocycles. The Morgan fingerprint density at radius 1 is 1.21 bits per heavy atom. The van der Waals surface area contributed by atoms with Crippen molar-refractivity contribution in [3.63, 3.8) is 0 Å². The van der Waals surface area contributed by atoms with Gasteiger partial charge >= 0.3 is 0 Å². The lowest BCUT2D eigenvalue weighted by Crippen LogP contribution is -2.25. The van der Waals surface area contributed by atoms with Crippen LogP contribution in [0, 0.1) is 11.8 Å². The van der Waals surface area contributed by atoms with Gasteiger partial charge in [0.05, 0.1) is 0 Å². The molecule has 2 saturated heterocycles. The van der Waals surface area contributed by atoms with Crippen molar-refractivity contribution in [3.8, 4) is 0 Å². The van der Waals surface area contributed by atoms with E-state index in [9.17, 15) is 0 Å². The van der Waals surface area contributed by atoms with Crippen molar-refractivity contribution in [2.75, 3.05) is 33.2 Å². The van der Waals surface area contributed by atoms with Gasteiger partial charge in [-0.25, -0.2) is 0 Å². The van der Waals surface area contributed by atoms with Crippen LogP contribution in [-0.2, 0) is 0 Å². The lowest BCUT2D eigenvalue weighted by Gasteiger charge is -2.22. The molecule has 0 saturated carbocycles. The van der Waals surface area contributed by atoms with Gasteiger partial charge in [0.2, 0.25) is 0 Å². The molecule has 2 heteroatoms. The predicted molar refractivity (Wildman–Crippen MR) is 60.4 cm³/mol. The molecule has 14 heavy (non-hydrogen) atoms. The molecule has 0 bridgehead atoms. The van der Waals surface area contributed by atoms with Crippen LogP contribution in [0.25, 0.3) is 0 Å². The summed E-state index contributed by atoms with van der Waals surface area (Å²) in [5, 5.41) is 3.48. The van der Waals surface area contributed by atoms with Crippen LogP contribution in [0.3, 0.4) is 0 Å². The standard InChI is InChI=1S/C12H24N2/c1-14-7-3-2-4-12(10-14)8-11-5-6-13-9-11/h11-13H,2-10H2,1H3. The number of hydrogen-bond acceptors (Lipinski definition) is 2. The highest BCUT2D eigenvalue weighted by Gasteiger charge is 2.22. The first-order valence-electron chi connectivity index (χ1n) is 6.24. The molecule has 2 heterocycles. The zero-order valence-corrected chi connectivity index (χ0v) is 9.47. The monoisotopic (exact) mass is 196 g/mol. The van der Waals surface area contributed by atoms with E-state index in [1.54, 1.807) is 0 Å². The average molecular weight is 196 g/mol. The minimum absolute atomic E-state index is 0.978. The van der Waals surface area contributed by atoms with Crippen molar-refractivity contribution in [1.29, 1.82) is 0 Å². The third-order valence-corrected chi connectivity index (χ3v) is 3.80. The first-order chi connectivity index (χ1) is 6.84. The molecule has 0 radical (unpaired) electrons. The SMILES string of the molecule is CN1CCCCC(CC2CCNC2)C1. The largest absolute Gasteiger partial charge is 0.316 e. The Hall–Kier alpha value is -0.0800. The molecule has 0 spiro atoms. The predicted octanol–water partition coefficient (Wildman–Crippen LogP) is 1.72. The Balaban J connectivity index is 1.77. The van der Waals surface area contributed by atoms with Crippen molar-refractivity contribution in [2.24, 2.45) is 11.8 Å². The molecule has 82 valence electrons. The summed E-state index contributed by atoms with van der Waals surface area (Å²) in [6, 6.07) is 0. The van der Waals surface area contributed by atoms with Crippen molar-refractivity contribution < 1.29 is 0 Å². The van der Waals surface area contributed by atoms with Gasteiger partial charge in [-0.3, -0.25) is 0 Å². The summed E-state index contributed by atoms with van der Waals surface area (Å²) >= 11 is 0. The second kappa shape index (κ2) is 5.13. The van der Waals surface area contributed by atoms with Gasteiger partial charge < -0.3 is 10.2 Å². The fraction of sp³-hybridized carbons (Fsp3) is 1.00. The van der Waals surface area contributed by atoms with E-state index in [2.05, 4.69) is 17.3 Å². The molecule has 1 N–H and O–H groups in total. The van der Waals surface area contributed by atoms with Crippen molar-refractivity contribution in [2.45, 2.75) is 32.1 Å². The summed E-state index contributed by atoms with van der Waals surface area (Å²) < 4.78 is 0. The van der Waals surface area contributed by atoms with Gasteiger partial charge in [0.25, 0.3) is 0 Å². The van der Waals surface area contributed by atoms with Crippen molar-refractivity contribution >= 4 is 0 Å². The highest BCUT2D eigenvalue weighted by Crippen LogP contribution is 2.25. The van der Waals surface area contributed by atoms with Crippen LogP contribution in [0.15, 0.2) is 0 Å². The van der Waals surface area contributed by atoms with E-state index in [0.717, 1.165) is 11.8 Å². The fourth-order valence-corrected chi connectivity index (χ4v) is 3.02. The Morgan fingerprint density at radius 2 is 2.14 bits per heavy atom. The lowest BCUT2D eigenvalue weighted by molar-refractivity contribution is 0.268. The Kier molecular flexibility index (Phi) is 3.82. The molecule has 2 unspecified atom stereocenters. The van der Waals surface area contributed by atoms with Crippen LogP contribution < -0.4 is 5.32 Å². The normalized spacial score (nSPS) is 35.8. The summed E-state index contributed by atoms with van der Waals surface area (Å²) in [6.07, 6.45) is 7.23. The van der Waals surface area contributed by atoms with Crippen LogP contribution in [0.1, 0.15) is 32.1 Å². The maximum atomic E-state index is 3.48. The van der Waals surface area contributed by atoms with E-state index in [1.807, 2.05) is 0 Å². The van der Waals surface area contributed by atoms with E-state index in [1.165, 1.54) is 58.3 Å². The highest BCUT2D eigenvalue weighted by atomic mass is 15.1. The number of nitrogens with zero attached hydrogens (tertiary/aromatic N) is 1. The zero-order valence-electron chi connectivity index (χ0n) is 9.47. The smallest absolute Gasteiger partial charge is 0.000672 e. The van der Waals surface area contributed by atoms with Crippen LogP contribution in [0.5, 0.6) is 0 Å². The summed E-state index contributed by atoms with van der Waals surface area (Å²) in [7, 11) is 2.28. The van der Waals surface area contributed by atoms with Gasteiger partial charge in [-0.15, -0.1) is 0 Å². The van der Waals surface area contributed by atoms with Crippen LogP contribution in [-0.4, -0.2) is 38.1 Å². The third kappa shape index (κ3) is 2.96. The van der Waals surface area contributed by atoms with Crippen molar-refractivity contribution in [1.82, 2.24) is 10.2 Å². The second-order valence-electron chi connectivity index (χ2n) is 5.22. The first kappa shape index (κ1) is 10.4. The molecule has 0 aliphatic carbocycles. The van der Waals surface area contributed by atoms with E-state index < -0.39 is 0 Å². The van der Waals surface area contributed by atoms with Gasteiger partial charge in [-0.05, 0) is 64.2 Å². The molecule has 2 rings (SSSR count). The Bertz CT molecular complexity index is 164.